The molecule has 0 aliphatic rings. The van der Waals surface area contributed by atoms with E-state index >= 15 is 0 Å². The molecule has 0 bridgehead atoms. The van der Waals surface area contributed by atoms with Crippen molar-refractivity contribution in [3.05, 3.63) is 22.4 Å². The van der Waals surface area contributed by atoms with E-state index in [1.165, 1.54) is 11.3 Å². The van der Waals surface area contributed by atoms with Gasteiger partial charge in [-0.2, -0.15) is 0 Å². The van der Waals surface area contributed by atoms with Crippen LogP contribution in [0.4, 0.5) is 0 Å². The fourth-order valence-corrected chi connectivity index (χ4v) is 2.34. The molecule has 21 heavy (non-hydrogen) atoms. The minimum atomic E-state index is -1.04. The van der Waals surface area contributed by atoms with Crippen LogP contribution in [0.5, 0.6) is 0 Å². The van der Waals surface area contributed by atoms with Crippen LogP contribution in [0.2, 0.25) is 0 Å². The number of aliphatic carboxylic acids is 1. The van der Waals surface area contributed by atoms with Gasteiger partial charge in [-0.15, -0.1) is 11.3 Å². The largest absolute Gasteiger partial charge is 0.480 e. The van der Waals surface area contributed by atoms with E-state index in [9.17, 15) is 14.4 Å². The van der Waals surface area contributed by atoms with E-state index in [2.05, 4.69) is 10.6 Å². The third-order valence-electron chi connectivity index (χ3n) is 2.86. The Balaban J connectivity index is 2.24. The van der Waals surface area contributed by atoms with Crippen LogP contribution in [0.25, 0.3) is 0 Å². The average Bonchev–Trinajstić information content (AvgIpc) is 2.94. The quantitative estimate of drug-likeness (QED) is 0.634. The first-order valence-corrected chi connectivity index (χ1v) is 7.63. The van der Waals surface area contributed by atoms with Crippen molar-refractivity contribution in [2.45, 2.75) is 32.7 Å². The van der Waals surface area contributed by atoms with Crippen LogP contribution in [-0.4, -0.2) is 35.5 Å². The predicted molar refractivity (Wildman–Crippen MR) is 80.3 cm³/mol. The highest BCUT2D eigenvalue weighted by molar-refractivity contribution is 7.12. The Labute approximate surface area is 127 Å². The van der Waals surface area contributed by atoms with E-state index in [4.69, 9.17) is 5.11 Å². The summed E-state index contributed by atoms with van der Waals surface area (Å²) in [5.41, 5.74) is 0. The number of carbonyl (C=O) groups is 3. The maximum atomic E-state index is 11.7. The van der Waals surface area contributed by atoms with Gasteiger partial charge in [-0.25, -0.2) is 4.79 Å². The molecule has 1 aromatic heterocycles. The van der Waals surface area contributed by atoms with Crippen LogP contribution in [0, 0.1) is 5.92 Å². The zero-order chi connectivity index (χ0) is 15.8. The van der Waals surface area contributed by atoms with Gasteiger partial charge >= 0.3 is 5.97 Å². The Morgan fingerprint density at radius 1 is 1.33 bits per heavy atom. The lowest BCUT2D eigenvalue weighted by Gasteiger charge is -2.17. The molecule has 0 saturated carbocycles. The SMILES string of the molecule is CC(C)[C@H](NC(=O)CCCNC(=O)c1cccs1)C(=O)O. The van der Waals surface area contributed by atoms with Crippen LogP contribution >= 0.6 is 11.3 Å². The molecular weight excluding hydrogens is 292 g/mol. The van der Waals surface area contributed by atoms with E-state index in [0.717, 1.165) is 0 Å². The van der Waals surface area contributed by atoms with E-state index in [-0.39, 0.29) is 24.2 Å². The Bertz CT molecular complexity index is 485. The molecule has 1 atom stereocenters. The first-order chi connectivity index (χ1) is 9.91. The summed E-state index contributed by atoms with van der Waals surface area (Å²) in [4.78, 5) is 34.9. The monoisotopic (exact) mass is 312 g/mol. The van der Waals surface area contributed by atoms with Crippen LogP contribution in [-0.2, 0) is 9.59 Å². The molecule has 1 aromatic rings. The van der Waals surface area contributed by atoms with Gasteiger partial charge in [-0.1, -0.05) is 19.9 Å². The highest BCUT2D eigenvalue weighted by Crippen LogP contribution is 2.07. The fraction of sp³-hybridized carbons (Fsp3) is 0.500. The van der Waals surface area contributed by atoms with E-state index in [1.807, 2.05) is 5.38 Å². The third kappa shape index (κ3) is 5.95. The summed E-state index contributed by atoms with van der Waals surface area (Å²) >= 11 is 1.35. The van der Waals surface area contributed by atoms with Crippen molar-refractivity contribution in [1.82, 2.24) is 10.6 Å². The Hall–Kier alpha value is -1.89. The summed E-state index contributed by atoms with van der Waals surface area (Å²) in [5.74, 6) is -1.69. The average molecular weight is 312 g/mol. The number of carbonyl (C=O) groups excluding carboxylic acids is 2. The minimum Gasteiger partial charge on any atom is -0.480 e. The van der Waals surface area contributed by atoms with Gasteiger partial charge in [0.1, 0.15) is 6.04 Å². The normalized spacial score (nSPS) is 12.0. The Morgan fingerprint density at radius 3 is 2.57 bits per heavy atom. The van der Waals surface area contributed by atoms with E-state index < -0.39 is 12.0 Å². The summed E-state index contributed by atoms with van der Waals surface area (Å²) in [6.07, 6.45) is 0.647. The molecule has 1 heterocycles. The molecule has 116 valence electrons. The van der Waals surface area contributed by atoms with Crippen molar-refractivity contribution in [2.75, 3.05) is 6.54 Å². The lowest BCUT2D eigenvalue weighted by atomic mass is 10.0. The topological polar surface area (TPSA) is 95.5 Å². The fourth-order valence-electron chi connectivity index (χ4n) is 1.70. The number of hydrogen-bond acceptors (Lipinski definition) is 4. The van der Waals surface area contributed by atoms with Crippen LogP contribution in [0.1, 0.15) is 36.4 Å². The number of carboxylic acid groups (broad SMARTS) is 1. The third-order valence-corrected chi connectivity index (χ3v) is 3.73. The zero-order valence-corrected chi connectivity index (χ0v) is 12.9. The maximum absolute atomic E-state index is 11.7. The first-order valence-electron chi connectivity index (χ1n) is 6.75. The summed E-state index contributed by atoms with van der Waals surface area (Å²) in [5, 5.41) is 16.0. The Kier molecular flexibility index (Phi) is 6.87. The molecule has 0 fully saturated rings. The number of thiophene rings is 1. The second-order valence-corrected chi connectivity index (χ2v) is 5.91. The van der Waals surface area contributed by atoms with Gasteiger partial charge in [0.25, 0.3) is 5.91 Å². The van der Waals surface area contributed by atoms with Crippen molar-refractivity contribution in [2.24, 2.45) is 5.92 Å². The molecule has 0 unspecified atom stereocenters. The number of hydrogen-bond donors (Lipinski definition) is 3. The van der Waals surface area contributed by atoms with Crippen LogP contribution in [0.15, 0.2) is 17.5 Å². The first kappa shape index (κ1) is 17.2. The molecule has 1 rings (SSSR count). The smallest absolute Gasteiger partial charge is 0.326 e. The van der Waals surface area contributed by atoms with Gasteiger partial charge in [0.2, 0.25) is 5.91 Å². The summed E-state index contributed by atoms with van der Waals surface area (Å²) < 4.78 is 0. The molecule has 0 saturated heterocycles. The van der Waals surface area contributed by atoms with Crippen molar-refractivity contribution < 1.29 is 19.5 Å². The second-order valence-electron chi connectivity index (χ2n) is 4.96. The maximum Gasteiger partial charge on any atom is 0.326 e. The van der Waals surface area contributed by atoms with Gasteiger partial charge in [0.15, 0.2) is 0 Å². The summed E-state index contributed by atoms with van der Waals surface area (Å²) in [6, 6.07) is 2.65. The molecule has 0 spiro atoms. The van der Waals surface area contributed by atoms with Crippen LogP contribution in [0.3, 0.4) is 0 Å². The summed E-state index contributed by atoms with van der Waals surface area (Å²) in [6.45, 7) is 3.85. The molecule has 0 aromatic carbocycles. The van der Waals surface area contributed by atoms with Crippen molar-refractivity contribution >= 4 is 29.1 Å². The molecule has 0 aliphatic carbocycles. The van der Waals surface area contributed by atoms with Gasteiger partial charge in [-0.3, -0.25) is 9.59 Å². The molecule has 0 radical (unpaired) electrons. The summed E-state index contributed by atoms with van der Waals surface area (Å²) in [7, 11) is 0. The standard InChI is InChI=1S/C14H20N2O4S/c1-9(2)12(14(19)20)16-11(17)6-3-7-15-13(18)10-5-4-8-21-10/h4-5,8-9,12H,3,6-7H2,1-2H3,(H,15,18)(H,16,17)(H,19,20)/t12-/m0/s1. The molecule has 3 N–H and O–H groups in total. The molecule has 6 nitrogen and oxygen atoms in total. The van der Waals surface area contributed by atoms with Crippen molar-refractivity contribution in [1.29, 1.82) is 0 Å². The highest BCUT2D eigenvalue weighted by atomic mass is 32.1. The number of carboxylic acids is 1. The molecule has 0 aliphatic heterocycles. The van der Waals surface area contributed by atoms with Crippen LogP contribution < -0.4 is 10.6 Å². The molecular formula is C14H20N2O4S. The lowest BCUT2D eigenvalue weighted by molar-refractivity contribution is -0.143. The lowest BCUT2D eigenvalue weighted by Crippen LogP contribution is -2.44. The number of amides is 2. The van der Waals surface area contributed by atoms with Gasteiger partial charge in [0, 0.05) is 13.0 Å². The van der Waals surface area contributed by atoms with Crippen molar-refractivity contribution in [3.63, 3.8) is 0 Å². The van der Waals surface area contributed by atoms with Crippen molar-refractivity contribution in [3.8, 4) is 0 Å². The van der Waals surface area contributed by atoms with E-state index in [1.54, 1.807) is 26.0 Å². The second kappa shape index (κ2) is 8.41. The van der Waals surface area contributed by atoms with Gasteiger partial charge < -0.3 is 15.7 Å². The van der Waals surface area contributed by atoms with E-state index in [0.29, 0.717) is 17.8 Å². The Morgan fingerprint density at radius 2 is 2.05 bits per heavy atom. The number of nitrogens with one attached hydrogen (secondary N) is 2. The highest BCUT2D eigenvalue weighted by Gasteiger charge is 2.22. The minimum absolute atomic E-state index is 0.156. The molecule has 2 amide bonds. The van der Waals surface area contributed by atoms with Gasteiger partial charge in [0.05, 0.1) is 4.88 Å². The number of rotatable bonds is 8. The predicted octanol–water partition coefficient (Wildman–Crippen LogP) is 1.48. The molecule has 7 heteroatoms. The zero-order valence-electron chi connectivity index (χ0n) is 12.1. The van der Waals surface area contributed by atoms with Gasteiger partial charge in [-0.05, 0) is 23.8 Å².